The van der Waals surface area contributed by atoms with Gasteiger partial charge in [-0.1, -0.05) is 0 Å². The maximum Gasteiger partial charge on any atom is 0.488 e. The summed E-state index contributed by atoms with van der Waals surface area (Å²) >= 11 is 0. The Bertz CT molecular complexity index is 1160. The molecule has 4 unspecified atom stereocenters. The quantitative estimate of drug-likeness (QED) is 0.162. The number of ether oxygens (including phenoxy) is 1. The monoisotopic (exact) mass is 548 g/mol. The summed E-state index contributed by atoms with van der Waals surface area (Å²) in [6, 6.07) is 0. The Morgan fingerprint density at radius 2 is 1.76 bits per heavy atom. The number of nitrogens with two attached hydrogens (primary N) is 2. The molecule has 0 aromatic carbocycles. The second-order valence-corrected chi connectivity index (χ2v) is 12.2. The van der Waals surface area contributed by atoms with Crippen molar-refractivity contribution < 1.29 is 56.5 Å². The van der Waals surface area contributed by atoms with E-state index in [0.29, 0.717) is 0 Å². The number of imidazole rings is 1. The fraction of sp³-hybridized carbons (Fsp3) is 0.615. The lowest BCUT2D eigenvalue weighted by Crippen LogP contribution is -2.33. The fourth-order valence-electron chi connectivity index (χ4n) is 2.98. The molecule has 9 N–H and O–H groups in total. The average molecular weight is 548 g/mol. The van der Waals surface area contributed by atoms with Gasteiger partial charge in [-0.05, 0) is 13.0 Å². The van der Waals surface area contributed by atoms with E-state index in [2.05, 4.69) is 28.1 Å². The third-order valence-electron chi connectivity index (χ3n) is 4.48. The molecule has 21 heteroatoms. The molecule has 7 atom stereocenters. The molecule has 0 aliphatic carbocycles. The number of rotatable bonds is 11. The van der Waals surface area contributed by atoms with Gasteiger partial charge in [0.15, 0.2) is 17.7 Å². The third kappa shape index (κ3) is 6.44. The van der Waals surface area contributed by atoms with Gasteiger partial charge < -0.3 is 41.1 Å². The average Bonchev–Trinajstić information content (AvgIpc) is 3.26. The number of nitrogen functional groups attached to an aromatic ring is 1. The van der Waals surface area contributed by atoms with Crippen molar-refractivity contribution in [2.75, 3.05) is 25.0 Å². The molecule has 1 aliphatic heterocycles. The zero-order valence-corrected chi connectivity index (χ0v) is 19.9. The molecule has 192 valence electrons. The Hall–Kier alpha value is -1.36. The predicted molar refractivity (Wildman–Crippen MR) is 112 cm³/mol. The topological polar surface area (TPSA) is 285 Å². The first-order valence-corrected chi connectivity index (χ1v) is 14.2. The van der Waals surface area contributed by atoms with Crippen LogP contribution >= 0.6 is 23.2 Å². The van der Waals surface area contributed by atoms with Gasteiger partial charge in [0.1, 0.15) is 30.2 Å². The zero-order valence-electron chi connectivity index (χ0n) is 17.2. The van der Waals surface area contributed by atoms with Crippen molar-refractivity contribution in [3.63, 3.8) is 0 Å². The minimum Gasteiger partial charge on any atom is -0.387 e. The number of aliphatic hydroxyl groups is 2. The van der Waals surface area contributed by atoms with Crippen molar-refractivity contribution in [2.24, 2.45) is 5.73 Å². The van der Waals surface area contributed by atoms with E-state index in [1.807, 2.05) is 0 Å². The highest BCUT2D eigenvalue weighted by Crippen LogP contribution is 2.67. The minimum absolute atomic E-state index is 0.0160. The van der Waals surface area contributed by atoms with Crippen LogP contribution in [-0.4, -0.2) is 82.0 Å². The lowest BCUT2D eigenvalue weighted by atomic mass is 10.1. The molecule has 2 aromatic rings. The number of phosphoric acid groups is 2. The summed E-state index contributed by atoms with van der Waals surface area (Å²) in [6.07, 6.45) is -4.18. The Morgan fingerprint density at radius 1 is 1.06 bits per heavy atom. The maximum absolute atomic E-state index is 12.1. The highest BCUT2D eigenvalue weighted by molar-refractivity contribution is 7.68. The van der Waals surface area contributed by atoms with Crippen molar-refractivity contribution in [1.82, 2.24) is 19.5 Å². The van der Waals surface area contributed by atoms with Crippen molar-refractivity contribution in [1.29, 1.82) is 0 Å². The van der Waals surface area contributed by atoms with E-state index in [4.69, 9.17) is 16.2 Å². The lowest BCUT2D eigenvalue weighted by molar-refractivity contribution is -0.0503. The standard InChI is InChI=1S/C13H23N6O12P3/c14-2-1-3-32(22,23)30-34(26,27)31-33(24,25)28-4-7-9(20)10(21)13(29-7)19-6-18-8-11(15)16-5-17-12(8)19/h5-7,9-10,13,20-21H,1-4,14H2,(H,22,23)(H,24,25)(H,26,27)(H2,15,16,17)/t7-,9+,10?,13-/m1/s1. The molecule has 0 radical (unpaired) electrons. The number of anilines is 1. The smallest absolute Gasteiger partial charge is 0.387 e. The van der Waals surface area contributed by atoms with Gasteiger partial charge in [-0.15, -0.1) is 0 Å². The van der Waals surface area contributed by atoms with Crippen molar-refractivity contribution in [2.45, 2.75) is 31.0 Å². The number of fused-ring (bicyclic) bond motifs is 1. The lowest BCUT2D eigenvalue weighted by Gasteiger charge is -2.20. The van der Waals surface area contributed by atoms with Gasteiger partial charge >= 0.3 is 23.2 Å². The molecule has 0 amide bonds. The number of hydrogen-bond acceptors (Lipinski definition) is 14. The van der Waals surface area contributed by atoms with E-state index >= 15 is 0 Å². The van der Waals surface area contributed by atoms with Crippen LogP contribution in [0, 0.1) is 0 Å². The highest BCUT2D eigenvalue weighted by atomic mass is 31.3. The van der Waals surface area contributed by atoms with Crippen LogP contribution in [0.5, 0.6) is 0 Å². The van der Waals surface area contributed by atoms with Crippen LogP contribution in [0.15, 0.2) is 12.7 Å². The second kappa shape index (κ2) is 10.3. The molecule has 1 aliphatic rings. The van der Waals surface area contributed by atoms with E-state index in [-0.39, 0.29) is 29.9 Å². The molecule has 2 aromatic heterocycles. The molecule has 18 nitrogen and oxygen atoms in total. The Balaban J connectivity index is 1.64. The third-order valence-corrected chi connectivity index (χ3v) is 9.34. The molecule has 3 rings (SSSR count). The van der Waals surface area contributed by atoms with Gasteiger partial charge in [0.2, 0.25) is 0 Å². The summed E-state index contributed by atoms with van der Waals surface area (Å²) in [6.45, 7) is -0.923. The number of aromatic nitrogens is 4. The van der Waals surface area contributed by atoms with Crippen molar-refractivity contribution in [3.8, 4) is 0 Å². The maximum atomic E-state index is 12.1. The summed E-state index contributed by atoms with van der Waals surface area (Å²) in [4.78, 5) is 40.5. The minimum atomic E-state index is -5.53. The van der Waals surface area contributed by atoms with Crippen LogP contribution in [0.3, 0.4) is 0 Å². The number of phosphoric ester groups is 1. The van der Waals surface area contributed by atoms with Crippen LogP contribution < -0.4 is 11.5 Å². The van der Waals surface area contributed by atoms with E-state index in [1.54, 1.807) is 0 Å². The Morgan fingerprint density at radius 3 is 2.44 bits per heavy atom. The van der Waals surface area contributed by atoms with Gasteiger partial charge in [-0.25, -0.2) is 28.4 Å². The Labute approximate surface area is 191 Å². The normalized spacial score (nSPS) is 28.4. The number of nitrogens with zero attached hydrogens (tertiary/aromatic N) is 4. The summed E-state index contributed by atoms with van der Waals surface area (Å²) in [7, 11) is -15.6. The van der Waals surface area contributed by atoms with Crippen LogP contribution in [-0.2, 0) is 31.6 Å². The molecular formula is C13H23N6O12P3. The van der Waals surface area contributed by atoms with Crippen LogP contribution in [0.2, 0.25) is 0 Å². The van der Waals surface area contributed by atoms with E-state index in [1.165, 1.54) is 10.9 Å². The molecule has 3 heterocycles. The fourth-order valence-corrected chi connectivity index (χ4v) is 7.14. The summed E-state index contributed by atoms with van der Waals surface area (Å²) in [5.74, 6) is 0.0566. The molecule has 34 heavy (non-hydrogen) atoms. The van der Waals surface area contributed by atoms with Crippen molar-refractivity contribution in [3.05, 3.63) is 12.7 Å². The van der Waals surface area contributed by atoms with Crippen LogP contribution in [0.4, 0.5) is 5.82 Å². The number of aliphatic hydroxyl groups excluding tert-OH is 2. The molecule has 1 fully saturated rings. The van der Waals surface area contributed by atoms with Gasteiger partial charge in [0.25, 0.3) is 0 Å². The first-order valence-electron chi connectivity index (χ1n) is 9.44. The van der Waals surface area contributed by atoms with Gasteiger partial charge in [-0.3, -0.25) is 13.7 Å². The van der Waals surface area contributed by atoms with E-state index < -0.39 is 60.5 Å². The van der Waals surface area contributed by atoms with Crippen molar-refractivity contribution >= 4 is 40.2 Å². The molecular weight excluding hydrogens is 525 g/mol. The largest absolute Gasteiger partial charge is 0.488 e. The number of hydrogen-bond donors (Lipinski definition) is 7. The molecule has 0 bridgehead atoms. The summed E-state index contributed by atoms with van der Waals surface area (Å²) < 4.78 is 55.0. The zero-order chi connectivity index (χ0) is 25.3. The molecule has 0 saturated carbocycles. The SMILES string of the molecule is NCCCP(=O)(O)OP(=O)(O)OP(=O)(O)OC[C@H]1O[C@@H](n2cnc3c(N)ncnc32)C(O)[C@H]1O. The molecule has 0 spiro atoms. The van der Waals surface area contributed by atoms with Gasteiger partial charge in [0, 0.05) is 0 Å². The summed E-state index contributed by atoms with van der Waals surface area (Å²) in [5, 5.41) is 20.6. The molecule has 1 saturated heterocycles. The second-order valence-electron chi connectivity index (χ2n) is 7.03. The van der Waals surface area contributed by atoms with Crippen LogP contribution in [0.25, 0.3) is 11.2 Å². The van der Waals surface area contributed by atoms with Gasteiger partial charge in [0.05, 0.1) is 19.1 Å². The van der Waals surface area contributed by atoms with Gasteiger partial charge in [-0.2, -0.15) is 4.31 Å². The van der Waals surface area contributed by atoms with Crippen LogP contribution in [0.1, 0.15) is 12.6 Å². The summed E-state index contributed by atoms with van der Waals surface area (Å²) in [5.41, 5.74) is 11.2. The Kier molecular flexibility index (Phi) is 8.27. The highest BCUT2D eigenvalue weighted by Gasteiger charge is 2.47. The first kappa shape index (κ1) is 27.2. The van der Waals surface area contributed by atoms with E-state index in [0.717, 1.165) is 6.33 Å². The predicted octanol–water partition coefficient (Wildman–Crippen LogP) is -1.19. The van der Waals surface area contributed by atoms with E-state index in [9.17, 15) is 38.6 Å². The first-order chi connectivity index (χ1) is 15.8.